The maximum absolute atomic E-state index is 12.8. The lowest BCUT2D eigenvalue weighted by molar-refractivity contribution is 0.233. The smallest absolute Gasteiger partial charge is 0.255 e. The second-order valence-electron chi connectivity index (χ2n) is 7.25. The number of aromatic nitrogens is 2. The van der Waals surface area contributed by atoms with Crippen molar-refractivity contribution in [3.05, 3.63) is 63.6 Å². The first-order valence-corrected chi connectivity index (χ1v) is 9.62. The summed E-state index contributed by atoms with van der Waals surface area (Å²) in [6, 6.07) is 10.4. The highest BCUT2D eigenvalue weighted by molar-refractivity contribution is 5.59. The van der Waals surface area contributed by atoms with E-state index >= 15 is 0 Å². The maximum Gasteiger partial charge on any atom is 0.255 e. The Kier molecular flexibility index (Phi) is 5.33. The van der Waals surface area contributed by atoms with E-state index in [2.05, 4.69) is 14.9 Å². The number of hydrogen-bond acceptors (Lipinski definition) is 7. The zero-order chi connectivity index (χ0) is 21.3. The van der Waals surface area contributed by atoms with Gasteiger partial charge in [-0.05, 0) is 24.3 Å². The molecule has 1 aliphatic rings. The van der Waals surface area contributed by atoms with Crippen LogP contribution in [0.4, 0.5) is 5.69 Å². The van der Waals surface area contributed by atoms with Crippen LogP contribution in [0.1, 0.15) is 16.8 Å². The Morgan fingerprint density at radius 1 is 1.17 bits per heavy atom. The zero-order valence-electron chi connectivity index (χ0n) is 16.9. The average molecular weight is 408 g/mol. The molecule has 8 nitrogen and oxygen atoms in total. The van der Waals surface area contributed by atoms with Crippen molar-refractivity contribution in [2.75, 3.05) is 26.5 Å². The van der Waals surface area contributed by atoms with Gasteiger partial charge >= 0.3 is 0 Å². The van der Waals surface area contributed by atoms with Crippen LogP contribution < -0.4 is 20.8 Å². The van der Waals surface area contributed by atoms with Gasteiger partial charge < -0.3 is 25.3 Å². The normalized spacial score (nSPS) is 13.7. The van der Waals surface area contributed by atoms with Crippen molar-refractivity contribution in [2.24, 2.45) is 0 Å². The summed E-state index contributed by atoms with van der Waals surface area (Å²) in [5.41, 5.74) is 9.39. The molecule has 0 saturated carbocycles. The third kappa shape index (κ3) is 3.81. The van der Waals surface area contributed by atoms with E-state index in [9.17, 15) is 9.90 Å². The fourth-order valence-electron chi connectivity index (χ4n) is 3.74. The van der Waals surface area contributed by atoms with E-state index in [1.807, 2.05) is 12.1 Å². The van der Waals surface area contributed by atoms with E-state index in [0.29, 0.717) is 48.1 Å². The number of nitrogen functional groups attached to an aromatic ring is 1. The minimum atomic E-state index is -0.138. The maximum atomic E-state index is 12.8. The summed E-state index contributed by atoms with van der Waals surface area (Å²) in [6.07, 6.45) is 0.657. The highest BCUT2D eigenvalue weighted by Crippen LogP contribution is 2.35. The lowest BCUT2D eigenvalue weighted by atomic mass is 10.0. The van der Waals surface area contributed by atoms with Crippen LogP contribution in [-0.2, 0) is 19.5 Å². The Morgan fingerprint density at radius 2 is 1.83 bits per heavy atom. The topological polar surface area (TPSA) is 114 Å². The van der Waals surface area contributed by atoms with Crippen molar-refractivity contribution >= 4 is 5.69 Å². The fraction of sp³-hybridized carbons (Fsp3) is 0.273. The van der Waals surface area contributed by atoms with Crippen molar-refractivity contribution in [1.29, 1.82) is 0 Å². The van der Waals surface area contributed by atoms with Crippen LogP contribution in [0.15, 0.2) is 41.2 Å². The highest BCUT2D eigenvalue weighted by atomic mass is 16.5. The molecule has 0 spiro atoms. The van der Waals surface area contributed by atoms with Crippen LogP contribution in [0.3, 0.4) is 0 Å². The Balaban J connectivity index is 1.61. The number of H-pyrrole nitrogens is 1. The second kappa shape index (κ2) is 8.08. The Bertz CT molecular complexity index is 1100. The average Bonchev–Trinajstić information content (AvgIpc) is 2.75. The van der Waals surface area contributed by atoms with Crippen molar-refractivity contribution < 1.29 is 14.6 Å². The number of fused-ring (bicyclic) bond motifs is 1. The molecule has 0 bridgehead atoms. The third-order valence-electron chi connectivity index (χ3n) is 5.31. The highest BCUT2D eigenvalue weighted by Gasteiger charge is 2.24. The number of phenols is 1. The molecule has 0 saturated heterocycles. The first-order valence-electron chi connectivity index (χ1n) is 9.62. The Labute approximate surface area is 173 Å². The predicted molar refractivity (Wildman–Crippen MR) is 114 cm³/mol. The second-order valence-corrected chi connectivity index (χ2v) is 7.25. The van der Waals surface area contributed by atoms with E-state index in [0.717, 1.165) is 23.4 Å². The molecule has 0 unspecified atom stereocenters. The van der Waals surface area contributed by atoms with Crippen LogP contribution >= 0.6 is 0 Å². The molecule has 156 valence electrons. The summed E-state index contributed by atoms with van der Waals surface area (Å²) in [5, 5.41) is 9.85. The van der Waals surface area contributed by atoms with E-state index in [4.69, 9.17) is 15.2 Å². The zero-order valence-corrected chi connectivity index (χ0v) is 16.9. The number of nitrogens with one attached hydrogen (secondary N) is 1. The molecule has 0 aliphatic carbocycles. The standard InChI is InChI=1S/C22H24N4O4/c1-29-19-9-15(27)10-20(30-2)17(19)12-26-8-7-18-16(11-26)22(28)25-21(24-18)13-3-5-14(23)6-4-13/h3-6,9-10,27H,7-8,11-12,23H2,1-2H3,(H,24,25,28). The number of nitrogens with zero attached hydrogens (tertiary/aromatic N) is 2. The van der Waals surface area contributed by atoms with Gasteiger partial charge in [0.25, 0.3) is 5.56 Å². The van der Waals surface area contributed by atoms with Gasteiger partial charge in [-0.3, -0.25) is 9.69 Å². The lowest BCUT2D eigenvalue weighted by Gasteiger charge is -2.28. The molecule has 3 aromatic rings. The molecule has 4 rings (SSSR count). The van der Waals surface area contributed by atoms with Crippen molar-refractivity contribution in [3.8, 4) is 28.6 Å². The summed E-state index contributed by atoms with van der Waals surface area (Å²) in [7, 11) is 3.10. The van der Waals surface area contributed by atoms with Gasteiger partial charge in [-0.15, -0.1) is 0 Å². The Hall–Kier alpha value is -3.52. The van der Waals surface area contributed by atoms with Gasteiger partial charge in [-0.25, -0.2) is 4.98 Å². The molecule has 0 amide bonds. The molecule has 0 atom stereocenters. The van der Waals surface area contributed by atoms with Crippen LogP contribution in [0.25, 0.3) is 11.4 Å². The summed E-state index contributed by atoms with van der Waals surface area (Å²) in [5.74, 6) is 1.72. The van der Waals surface area contributed by atoms with Gasteiger partial charge in [0.2, 0.25) is 0 Å². The molecular formula is C22H24N4O4. The number of rotatable bonds is 5. The van der Waals surface area contributed by atoms with Crippen LogP contribution in [0, 0.1) is 0 Å². The predicted octanol–water partition coefficient (Wildman–Crippen LogP) is 2.30. The van der Waals surface area contributed by atoms with Gasteiger partial charge in [0.1, 0.15) is 23.1 Å². The third-order valence-corrected chi connectivity index (χ3v) is 5.31. The lowest BCUT2D eigenvalue weighted by Crippen LogP contribution is -2.35. The summed E-state index contributed by atoms with van der Waals surface area (Å²) in [6.45, 7) is 1.72. The number of aromatic amines is 1. The summed E-state index contributed by atoms with van der Waals surface area (Å²) in [4.78, 5) is 22.5. The molecule has 2 heterocycles. The first-order chi connectivity index (χ1) is 14.5. The van der Waals surface area contributed by atoms with Gasteiger partial charge in [0.05, 0.1) is 31.0 Å². The number of hydrogen-bond donors (Lipinski definition) is 3. The largest absolute Gasteiger partial charge is 0.508 e. The van der Waals surface area contributed by atoms with Gasteiger partial charge in [0, 0.05) is 49.4 Å². The van der Waals surface area contributed by atoms with Crippen LogP contribution in [0.5, 0.6) is 17.2 Å². The molecule has 0 fully saturated rings. The quantitative estimate of drug-likeness (QED) is 0.555. The Morgan fingerprint density at radius 3 is 2.47 bits per heavy atom. The van der Waals surface area contributed by atoms with E-state index in [1.165, 1.54) is 0 Å². The molecule has 30 heavy (non-hydrogen) atoms. The molecular weight excluding hydrogens is 384 g/mol. The SMILES string of the molecule is COc1cc(O)cc(OC)c1CN1CCc2nc(-c3ccc(N)cc3)[nH]c(=O)c2C1. The molecule has 2 aromatic carbocycles. The fourth-order valence-corrected chi connectivity index (χ4v) is 3.74. The van der Waals surface area contributed by atoms with Crippen LogP contribution in [-0.4, -0.2) is 40.7 Å². The van der Waals surface area contributed by atoms with Gasteiger partial charge in [-0.2, -0.15) is 0 Å². The number of nitrogens with two attached hydrogens (primary N) is 1. The summed E-state index contributed by atoms with van der Waals surface area (Å²) < 4.78 is 10.8. The van der Waals surface area contributed by atoms with E-state index in [-0.39, 0.29) is 11.3 Å². The number of ether oxygens (including phenoxy) is 2. The first kappa shape index (κ1) is 19.8. The molecule has 4 N–H and O–H groups in total. The number of phenolic OH excluding ortho intramolecular Hbond substituents is 1. The van der Waals surface area contributed by atoms with Crippen molar-refractivity contribution in [1.82, 2.24) is 14.9 Å². The number of anilines is 1. The monoisotopic (exact) mass is 408 g/mol. The summed E-state index contributed by atoms with van der Waals surface area (Å²) >= 11 is 0. The minimum Gasteiger partial charge on any atom is -0.508 e. The van der Waals surface area contributed by atoms with E-state index in [1.54, 1.807) is 38.5 Å². The van der Waals surface area contributed by atoms with Gasteiger partial charge in [0.15, 0.2) is 0 Å². The van der Waals surface area contributed by atoms with Crippen LogP contribution in [0.2, 0.25) is 0 Å². The van der Waals surface area contributed by atoms with Crippen molar-refractivity contribution in [2.45, 2.75) is 19.5 Å². The number of aromatic hydroxyl groups is 1. The van der Waals surface area contributed by atoms with E-state index < -0.39 is 0 Å². The molecule has 1 aromatic heterocycles. The van der Waals surface area contributed by atoms with Gasteiger partial charge in [-0.1, -0.05) is 0 Å². The number of benzene rings is 2. The van der Waals surface area contributed by atoms with Crippen molar-refractivity contribution in [3.63, 3.8) is 0 Å². The molecule has 1 aliphatic heterocycles. The number of methoxy groups -OCH3 is 2. The minimum absolute atomic E-state index is 0.0762. The molecule has 0 radical (unpaired) electrons. The molecule has 8 heteroatoms.